The second-order valence-corrected chi connectivity index (χ2v) is 11.2. The van der Waals surface area contributed by atoms with Crippen LogP contribution in [0.1, 0.15) is 39.2 Å². The molecule has 0 spiro atoms. The molecule has 0 heterocycles. The quantitative estimate of drug-likeness (QED) is 0.165. The van der Waals surface area contributed by atoms with Crippen LogP contribution in [0, 0.1) is 5.92 Å². The Kier molecular flexibility index (Phi) is 15.2. The van der Waals surface area contributed by atoms with Crippen molar-refractivity contribution in [1.82, 2.24) is 10.6 Å². The van der Waals surface area contributed by atoms with Gasteiger partial charge in [-0.15, -0.1) is 0 Å². The van der Waals surface area contributed by atoms with Gasteiger partial charge in [0.25, 0.3) is 0 Å². The fraction of sp³-hybridized carbons (Fsp3) is 0.500. The summed E-state index contributed by atoms with van der Waals surface area (Å²) in [4.78, 5) is 42.2. The number of carbonyl (C=O) groups is 3. The van der Waals surface area contributed by atoms with Crippen LogP contribution in [0.3, 0.4) is 0 Å². The summed E-state index contributed by atoms with van der Waals surface area (Å²) >= 11 is 5.83. The summed E-state index contributed by atoms with van der Waals surface area (Å²) in [6, 6.07) is 16.0. The normalized spacial score (nSPS) is 14.8. The van der Waals surface area contributed by atoms with Crippen LogP contribution in [0.2, 0.25) is 0 Å². The van der Waals surface area contributed by atoms with Gasteiger partial charge in [-0.3, -0.25) is 14.5 Å². The molecule has 0 bridgehead atoms. The number of thioether (sulfide) groups is 1. The Labute approximate surface area is 248 Å². The third-order valence-electron chi connectivity index (χ3n) is 6.79. The maximum absolute atomic E-state index is 14.1. The molecule has 40 heavy (non-hydrogen) atoms. The molecule has 2 aromatic carbocycles. The van der Waals surface area contributed by atoms with Gasteiger partial charge in [0.1, 0.15) is 18.7 Å². The van der Waals surface area contributed by atoms with Crippen molar-refractivity contribution in [3.05, 3.63) is 66.2 Å². The van der Waals surface area contributed by atoms with Crippen LogP contribution in [0.15, 0.2) is 60.7 Å². The van der Waals surface area contributed by atoms with Gasteiger partial charge in [-0.1, -0.05) is 68.8 Å². The predicted octanol–water partition coefficient (Wildman–Crippen LogP) is 3.65. The molecule has 2 rings (SSSR count). The third kappa shape index (κ3) is 10.5. The van der Waals surface area contributed by atoms with E-state index in [2.05, 4.69) is 23.3 Å². The fourth-order valence-corrected chi connectivity index (χ4v) is 4.71. The Hall–Kier alpha value is -2.53. The lowest BCUT2D eigenvalue weighted by Crippen LogP contribution is -2.58. The highest BCUT2D eigenvalue weighted by molar-refractivity contribution is 7.98. The molecule has 0 fully saturated rings. The molecule has 0 saturated heterocycles. The molecule has 0 radical (unpaired) electrons. The molecule has 4 N–H and O–H groups in total. The Morgan fingerprint density at radius 1 is 1.05 bits per heavy atom. The standard InChI is InChI=1S/C30H44N4O4S2/c1-5-21(2)27(32-18-24(31)20-39)29(36)34(25-14-10-7-11-15-25)22(3)28(35)33-26(16-17-40-4)30(37)38-19-23-12-8-6-9-13-23/h6-15,21-22,24,26-27,32,39H,5,16-20,31H2,1-4H3,(H,33,35). The molecule has 220 valence electrons. The summed E-state index contributed by atoms with van der Waals surface area (Å²) in [7, 11) is 0. The average Bonchev–Trinajstić information content (AvgIpc) is 2.98. The van der Waals surface area contributed by atoms with E-state index >= 15 is 0 Å². The van der Waals surface area contributed by atoms with Crippen LogP contribution in [0.25, 0.3) is 0 Å². The van der Waals surface area contributed by atoms with Crippen LogP contribution in [-0.2, 0) is 25.7 Å². The van der Waals surface area contributed by atoms with E-state index in [1.807, 2.05) is 68.6 Å². The van der Waals surface area contributed by atoms with Crippen molar-refractivity contribution in [2.75, 3.05) is 29.2 Å². The largest absolute Gasteiger partial charge is 0.459 e. The van der Waals surface area contributed by atoms with E-state index in [0.717, 1.165) is 12.0 Å². The maximum Gasteiger partial charge on any atom is 0.329 e. The molecule has 0 aliphatic rings. The number of nitrogens with zero attached hydrogens (tertiary/aromatic N) is 1. The zero-order valence-electron chi connectivity index (χ0n) is 23.9. The van der Waals surface area contributed by atoms with E-state index in [4.69, 9.17) is 10.5 Å². The lowest BCUT2D eigenvalue weighted by atomic mass is 9.96. The molecule has 10 heteroatoms. The zero-order valence-corrected chi connectivity index (χ0v) is 25.6. The molecule has 0 aromatic heterocycles. The molecular formula is C30H44N4O4S2. The summed E-state index contributed by atoms with van der Waals surface area (Å²) < 4.78 is 5.54. The van der Waals surface area contributed by atoms with Gasteiger partial charge in [-0.2, -0.15) is 24.4 Å². The van der Waals surface area contributed by atoms with Gasteiger partial charge in [0.15, 0.2) is 0 Å². The highest BCUT2D eigenvalue weighted by Crippen LogP contribution is 2.22. The second-order valence-electron chi connectivity index (χ2n) is 9.87. The van der Waals surface area contributed by atoms with E-state index in [1.54, 1.807) is 30.8 Å². The van der Waals surface area contributed by atoms with Crippen molar-refractivity contribution in [3.63, 3.8) is 0 Å². The number of amides is 2. The van der Waals surface area contributed by atoms with Gasteiger partial charge in [-0.25, -0.2) is 4.79 Å². The number of nitrogens with one attached hydrogen (secondary N) is 2. The molecule has 5 atom stereocenters. The monoisotopic (exact) mass is 588 g/mol. The minimum atomic E-state index is -0.888. The Morgan fingerprint density at radius 2 is 1.68 bits per heavy atom. The van der Waals surface area contributed by atoms with Crippen LogP contribution in [0.5, 0.6) is 0 Å². The third-order valence-corrected chi connectivity index (χ3v) is 7.90. The number of hydrogen-bond donors (Lipinski definition) is 4. The van der Waals surface area contributed by atoms with Crippen molar-refractivity contribution < 1.29 is 19.1 Å². The van der Waals surface area contributed by atoms with E-state index < -0.39 is 30.0 Å². The van der Waals surface area contributed by atoms with Crippen molar-refractivity contribution in [2.24, 2.45) is 11.7 Å². The first-order valence-corrected chi connectivity index (χ1v) is 15.7. The summed E-state index contributed by atoms with van der Waals surface area (Å²) in [6.45, 7) is 6.22. The number of anilines is 1. The fourth-order valence-electron chi connectivity index (χ4n) is 4.11. The Morgan fingerprint density at radius 3 is 2.25 bits per heavy atom. The number of nitrogens with two attached hydrogens (primary N) is 1. The Bertz CT molecular complexity index is 1040. The number of ether oxygens (including phenoxy) is 1. The summed E-state index contributed by atoms with van der Waals surface area (Å²) in [5, 5.41) is 6.17. The van der Waals surface area contributed by atoms with Crippen molar-refractivity contribution in [1.29, 1.82) is 0 Å². The second kappa shape index (κ2) is 18.0. The van der Waals surface area contributed by atoms with E-state index in [9.17, 15) is 14.4 Å². The minimum absolute atomic E-state index is 0.0108. The first kappa shape index (κ1) is 33.7. The van der Waals surface area contributed by atoms with Crippen molar-refractivity contribution in [2.45, 2.75) is 64.4 Å². The highest BCUT2D eigenvalue weighted by atomic mass is 32.2. The number of hydrogen-bond acceptors (Lipinski definition) is 8. The van der Waals surface area contributed by atoms with Crippen LogP contribution < -0.4 is 21.3 Å². The molecular weight excluding hydrogens is 544 g/mol. The summed E-state index contributed by atoms with van der Waals surface area (Å²) in [6.07, 6.45) is 3.10. The minimum Gasteiger partial charge on any atom is -0.459 e. The van der Waals surface area contributed by atoms with Crippen LogP contribution in [-0.4, -0.2) is 66.3 Å². The lowest BCUT2D eigenvalue weighted by Gasteiger charge is -2.35. The Balaban J connectivity index is 2.27. The van der Waals surface area contributed by atoms with Gasteiger partial charge in [0.05, 0.1) is 6.04 Å². The first-order chi connectivity index (χ1) is 19.2. The van der Waals surface area contributed by atoms with E-state index in [0.29, 0.717) is 30.2 Å². The number of esters is 1. The first-order valence-electron chi connectivity index (χ1n) is 13.7. The van der Waals surface area contributed by atoms with Gasteiger partial charge in [-0.05, 0) is 49.0 Å². The zero-order chi connectivity index (χ0) is 29.5. The van der Waals surface area contributed by atoms with Crippen LogP contribution >= 0.6 is 24.4 Å². The average molecular weight is 589 g/mol. The molecule has 0 aliphatic carbocycles. The smallest absolute Gasteiger partial charge is 0.329 e. The SMILES string of the molecule is CCC(C)C(NCC(N)CS)C(=O)N(c1ccccc1)C(C)C(=O)NC(CCSC)C(=O)OCc1ccccc1. The van der Waals surface area contributed by atoms with Crippen molar-refractivity contribution in [3.8, 4) is 0 Å². The van der Waals surface area contributed by atoms with Gasteiger partial charge >= 0.3 is 5.97 Å². The molecule has 5 unspecified atom stereocenters. The molecule has 0 aliphatic heterocycles. The molecule has 2 amide bonds. The molecule has 2 aromatic rings. The van der Waals surface area contributed by atoms with Gasteiger partial charge in [0.2, 0.25) is 11.8 Å². The number of benzene rings is 2. The molecule has 0 saturated carbocycles. The lowest BCUT2D eigenvalue weighted by molar-refractivity contribution is -0.149. The summed E-state index contributed by atoms with van der Waals surface area (Å²) in [5.74, 6) is -0.0453. The number of rotatable bonds is 17. The molecule has 8 nitrogen and oxygen atoms in total. The van der Waals surface area contributed by atoms with E-state index in [1.165, 1.54) is 4.90 Å². The van der Waals surface area contributed by atoms with Crippen LogP contribution in [0.4, 0.5) is 5.69 Å². The number of carbonyl (C=O) groups excluding carboxylic acids is 3. The highest BCUT2D eigenvalue weighted by Gasteiger charge is 2.36. The summed E-state index contributed by atoms with van der Waals surface area (Å²) in [5.41, 5.74) is 7.53. The predicted molar refractivity (Wildman–Crippen MR) is 168 cm³/mol. The van der Waals surface area contributed by atoms with Crippen molar-refractivity contribution >= 4 is 47.9 Å². The maximum atomic E-state index is 14.1. The topological polar surface area (TPSA) is 114 Å². The van der Waals surface area contributed by atoms with E-state index in [-0.39, 0.29) is 24.5 Å². The number of thiol groups is 1. The van der Waals surface area contributed by atoms with Gasteiger partial charge < -0.3 is 21.1 Å². The van der Waals surface area contributed by atoms with Gasteiger partial charge in [0, 0.05) is 24.0 Å². The number of para-hydroxylation sites is 1.